The summed E-state index contributed by atoms with van der Waals surface area (Å²) in [5.41, 5.74) is 1.42. The molecule has 0 radical (unpaired) electrons. The Morgan fingerprint density at radius 3 is 2.77 bits per heavy atom. The average Bonchev–Trinajstić information content (AvgIpc) is 2.71. The van der Waals surface area contributed by atoms with Crippen LogP contribution in [-0.4, -0.2) is 15.1 Å². The molecule has 2 heterocycles. The van der Waals surface area contributed by atoms with Crippen LogP contribution in [0, 0.1) is 0 Å². The molecule has 0 saturated heterocycles. The normalized spacial score (nSPS) is 12.7. The number of pyridine rings is 1. The Bertz CT molecular complexity index is 356. The number of hydrogen-bond acceptors (Lipinski definition) is 2. The van der Waals surface area contributed by atoms with E-state index in [9.17, 15) is 5.11 Å². The molecule has 3 heteroatoms. The van der Waals surface area contributed by atoms with Crippen molar-refractivity contribution in [2.75, 3.05) is 0 Å². The van der Waals surface area contributed by atoms with Crippen LogP contribution in [0.1, 0.15) is 17.5 Å². The second-order valence-electron chi connectivity index (χ2n) is 2.78. The van der Waals surface area contributed by atoms with Gasteiger partial charge in [-0.05, 0) is 24.3 Å². The van der Waals surface area contributed by atoms with Crippen molar-refractivity contribution in [2.45, 2.75) is 6.10 Å². The molecule has 0 amide bonds. The highest BCUT2D eigenvalue weighted by Crippen LogP contribution is 2.16. The molecule has 0 aromatic carbocycles. The summed E-state index contributed by atoms with van der Waals surface area (Å²) in [6, 6.07) is 9.16. The zero-order valence-electron chi connectivity index (χ0n) is 7.01. The summed E-state index contributed by atoms with van der Waals surface area (Å²) in [4.78, 5) is 7.01. The number of rotatable bonds is 2. The van der Waals surface area contributed by atoms with Gasteiger partial charge in [-0.1, -0.05) is 6.07 Å². The molecule has 0 unspecified atom stereocenters. The summed E-state index contributed by atoms with van der Waals surface area (Å²) in [5.74, 6) is 0. The molecule has 0 aliphatic rings. The van der Waals surface area contributed by atoms with E-state index < -0.39 is 6.10 Å². The van der Waals surface area contributed by atoms with Crippen molar-refractivity contribution in [3.8, 4) is 0 Å². The van der Waals surface area contributed by atoms with Crippen LogP contribution in [0.25, 0.3) is 0 Å². The predicted octanol–water partition coefficient (Wildman–Crippen LogP) is 1.49. The lowest BCUT2D eigenvalue weighted by atomic mass is 10.2. The maximum absolute atomic E-state index is 9.79. The number of nitrogens with zero attached hydrogens (tertiary/aromatic N) is 1. The minimum Gasteiger partial charge on any atom is -0.381 e. The van der Waals surface area contributed by atoms with Crippen LogP contribution >= 0.6 is 0 Å². The van der Waals surface area contributed by atoms with Crippen LogP contribution in [0.2, 0.25) is 0 Å². The fourth-order valence-corrected chi connectivity index (χ4v) is 1.21. The third kappa shape index (κ3) is 1.60. The van der Waals surface area contributed by atoms with Crippen molar-refractivity contribution in [2.24, 2.45) is 0 Å². The highest BCUT2D eigenvalue weighted by Gasteiger charge is 2.10. The molecule has 66 valence electrons. The number of aromatic amines is 1. The largest absolute Gasteiger partial charge is 0.381 e. The van der Waals surface area contributed by atoms with E-state index in [0.717, 1.165) is 5.69 Å². The van der Waals surface area contributed by atoms with E-state index in [-0.39, 0.29) is 0 Å². The number of aliphatic hydroxyl groups is 1. The Morgan fingerprint density at radius 2 is 2.15 bits per heavy atom. The van der Waals surface area contributed by atoms with Gasteiger partial charge >= 0.3 is 0 Å². The second kappa shape index (κ2) is 3.41. The van der Waals surface area contributed by atoms with Crippen LogP contribution in [0.15, 0.2) is 42.7 Å². The molecule has 0 bridgehead atoms. The maximum atomic E-state index is 9.79. The van der Waals surface area contributed by atoms with Crippen molar-refractivity contribution in [3.63, 3.8) is 0 Å². The molecule has 2 rings (SSSR count). The lowest BCUT2D eigenvalue weighted by Gasteiger charge is -2.06. The number of nitrogens with one attached hydrogen (secondary N) is 1. The van der Waals surface area contributed by atoms with Gasteiger partial charge in [0.2, 0.25) is 0 Å². The van der Waals surface area contributed by atoms with Crippen molar-refractivity contribution >= 4 is 0 Å². The molecule has 0 aliphatic carbocycles. The van der Waals surface area contributed by atoms with Crippen molar-refractivity contribution in [1.29, 1.82) is 0 Å². The van der Waals surface area contributed by atoms with Gasteiger partial charge in [0.05, 0.1) is 11.4 Å². The quantitative estimate of drug-likeness (QED) is 0.724. The van der Waals surface area contributed by atoms with E-state index in [2.05, 4.69) is 9.97 Å². The van der Waals surface area contributed by atoms with Gasteiger partial charge in [0.15, 0.2) is 0 Å². The van der Waals surface area contributed by atoms with E-state index in [1.54, 1.807) is 18.5 Å². The molecule has 2 aromatic heterocycles. The highest BCUT2D eigenvalue weighted by molar-refractivity contribution is 5.19. The van der Waals surface area contributed by atoms with E-state index in [0.29, 0.717) is 5.69 Å². The Balaban J connectivity index is 2.29. The standard InChI is InChI=1S/C10H10N2O/c13-10(9-5-3-7-12-9)8-4-1-2-6-11-8/h1-7,10,12-13H/t10-/m1/s1. The first kappa shape index (κ1) is 8.01. The fraction of sp³-hybridized carbons (Fsp3) is 0.100. The minimum atomic E-state index is -0.656. The number of H-pyrrole nitrogens is 1. The SMILES string of the molecule is O[C@H](c1ccccn1)c1ccc[nH]1. The first-order valence-electron chi connectivity index (χ1n) is 4.10. The summed E-state index contributed by atoms with van der Waals surface area (Å²) >= 11 is 0. The number of aliphatic hydroxyl groups excluding tert-OH is 1. The van der Waals surface area contributed by atoms with Crippen molar-refractivity contribution < 1.29 is 5.11 Å². The lowest BCUT2D eigenvalue weighted by Crippen LogP contribution is -2.01. The van der Waals surface area contributed by atoms with Gasteiger partial charge in [-0.25, -0.2) is 0 Å². The highest BCUT2D eigenvalue weighted by atomic mass is 16.3. The maximum Gasteiger partial charge on any atom is 0.136 e. The van der Waals surface area contributed by atoms with Gasteiger partial charge in [-0.15, -0.1) is 0 Å². The van der Waals surface area contributed by atoms with Crippen molar-refractivity contribution in [3.05, 3.63) is 54.1 Å². The molecule has 2 N–H and O–H groups in total. The van der Waals surface area contributed by atoms with Gasteiger partial charge in [0.1, 0.15) is 6.10 Å². The molecule has 0 spiro atoms. The van der Waals surface area contributed by atoms with Gasteiger partial charge < -0.3 is 10.1 Å². The molecule has 1 atom stereocenters. The minimum absolute atomic E-state index is 0.656. The Labute approximate surface area is 76.1 Å². The van der Waals surface area contributed by atoms with Crippen molar-refractivity contribution in [1.82, 2.24) is 9.97 Å². The first-order chi connectivity index (χ1) is 6.38. The molecule has 0 saturated carbocycles. The van der Waals surface area contributed by atoms with E-state index in [1.165, 1.54) is 0 Å². The monoisotopic (exact) mass is 174 g/mol. The molecule has 2 aromatic rings. The summed E-state index contributed by atoms with van der Waals surface area (Å²) in [6.45, 7) is 0. The third-order valence-corrected chi connectivity index (χ3v) is 1.88. The number of aromatic nitrogens is 2. The summed E-state index contributed by atoms with van der Waals surface area (Å²) in [7, 11) is 0. The van der Waals surface area contributed by atoms with Gasteiger partial charge in [-0.3, -0.25) is 4.98 Å². The zero-order valence-corrected chi connectivity index (χ0v) is 7.01. The fourth-order valence-electron chi connectivity index (χ4n) is 1.21. The summed E-state index contributed by atoms with van der Waals surface area (Å²) in [6.07, 6.45) is 2.79. The second-order valence-corrected chi connectivity index (χ2v) is 2.78. The summed E-state index contributed by atoms with van der Waals surface area (Å²) < 4.78 is 0. The molecular weight excluding hydrogens is 164 g/mol. The van der Waals surface area contributed by atoms with E-state index in [1.807, 2.05) is 24.3 Å². The lowest BCUT2D eigenvalue weighted by molar-refractivity contribution is 0.211. The van der Waals surface area contributed by atoms with Crippen LogP contribution in [-0.2, 0) is 0 Å². The topological polar surface area (TPSA) is 48.9 Å². The Morgan fingerprint density at radius 1 is 1.23 bits per heavy atom. The Kier molecular flexibility index (Phi) is 2.10. The van der Waals surface area contributed by atoms with E-state index in [4.69, 9.17) is 0 Å². The van der Waals surface area contributed by atoms with Gasteiger partial charge in [0, 0.05) is 12.4 Å². The molecule has 3 nitrogen and oxygen atoms in total. The van der Waals surface area contributed by atoms with Crippen LogP contribution in [0.3, 0.4) is 0 Å². The smallest absolute Gasteiger partial charge is 0.136 e. The average molecular weight is 174 g/mol. The van der Waals surface area contributed by atoms with Crippen LogP contribution in [0.4, 0.5) is 0 Å². The van der Waals surface area contributed by atoms with Gasteiger partial charge in [-0.2, -0.15) is 0 Å². The summed E-state index contributed by atoms with van der Waals surface area (Å²) in [5, 5.41) is 9.79. The number of hydrogen-bond donors (Lipinski definition) is 2. The predicted molar refractivity (Wildman–Crippen MR) is 49.1 cm³/mol. The molecule has 0 fully saturated rings. The molecule has 0 aliphatic heterocycles. The van der Waals surface area contributed by atoms with Crippen LogP contribution in [0.5, 0.6) is 0 Å². The van der Waals surface area contributed by atoms with Gasteiger partial charge in [0.25, 0.3) is 0 Å². The van der Waals surface area contributed by atoms with E-state index >= 15 is 0 Å². The third-order valence-electron chi connectivity index (χ3n) is 1.88. The molecular formula is C10H10N2O. The first-order valence-corrected chi connectivity index (χ1v) is 4.10. The zero-order chi connectivity index (χ0) is 9.10. The Hall–Kier alpha value is -1.61. The van der Waals surface area contributed by atoms with Crippen LogP contribution < -0.4 is 0 Å². The molecule has 13 heavy (non-hydrogen) atoms.